The summed E-state index contributed by atoms with van der Waals surface area (Å²) in [6, 6.07) is 1.44. The van der Waals surface area contributed by atoms with E-state index in [2.05, 4.69) is 4.98 Å². The van der Waals surface area contributed by atoms with Gasteiger partial charge in [0, 0.05) is 6.20 Å². The number of hydrogen-bond donors (Lipinski definition) is 1. The summed E-state index contributed by atoms with van der Waals surface area (Å²) in [4.78, 5) is 14.1. The Morgan fingerprint density at radius 2 is 2.27 bits per heavy atom. The lowest BCUT2D eigenvalue weighted by Crippen LogP contribution is -2.08. The summed E-state index contributed by atoms with van der Waals surface area (Å²) in [7, 11) is 0. The quantitative estimate of drug-likeness (QED) is 0.812. The molecule has 0 radical (unpaired) electrons. The number of pyridine rings is 1. The zero-order valence-electron chi connectivity index (χ0n) is 7.66. The van der Waals surface area contributed by atoms with E-state index in [4.69, 9.17) is 10.4 Å². The molecule has 0 fully saturated rings. The number of carboxylic acid groups (broad SMARTS) is 1. The van der Waals surface area contributed by atoms with Crippen molar-refractivity contribution in [2.45, 2.75) is 13.3 Å². The summed E-state index contributed by atoms with van der Waals surface area (Å²) < 4.78 is 24.8. The first-order valence-corrected chi connectivity index (χ1v) is 3.90. The van der Waals surface area contributed by atoms with Crippen molar-refractivity contribution in [2.24, 2.45) is 0 Å². The highest BCUT2D eigenvalue weighted by molar-refractivity contribution is 5.92. The average molecular weight is 212 g/mol. The van der Waals surface area contributed by atoms with Gasteiger partial charge in [-0.25, -0.2) is 13.6 Å². The molecule has 0 aliphatic rings. The molecule has 0 aromatic carbocycles. The molecule has 0 unspecified atom stereocenters. The fourth-order valence-corrected chi connectivity index (χ4v) is 1.17. The molecule has 0 aliphatic carbocycles. The Bertz CT molecular complexity index is 452. The first-order valence-electron chi connectivity index (χ1n) is 3.90. The van der Waals surface area contributed by atoms with Crippen molar-refractivity contribution in [1.82, 2.24) is 4.98 Å². The number of nitrogens with zero attached hydrogens (tertiary/aromatic N) is 2. The largest absolute Gasteiger partial charge is 0.478 e. The lowest BCUT2D eigenvalue weighted by Gasteiger charge is -2.07. The van der Waals surface area contributed by atoms with Gasteiger partial charge < -0.3 is 5.11 Å². The summed E-state index contributed by atoms with van der Waals surface area (Å²) in [6.07, 6.45) is -1.94. The van der Waals surface area contributed by atoms with E-state index in [1.807, 2.05) is 0 Å². The van der Waals surface area contributed by atoms with Crippen LogP contribution >= 0.6 is 0 Å². The molecule has 1 aromatic rings. The van der Waals surface area contributed by atoms with Gasteiger partial charge >= 0.3 is 5.97 Å². The molecule has 1 rings (SSSR count). The van der Waals surface area contributed by atoms with Crippen molar-refractivity contribution in [3.63, 3.8) is 0 Å². The fraction of sp³-hybridized carbons (Fsp3) is 0.222. The Morgan fingerprint density at radius 3 is 2.67 bits per heavy atom. The van der Waals surface area contributed by atoms with Crippen molar-refractivity contribution in [3.8, 4) is 6.07 Å². The fourth-order valence-electron chi connectivity index (χ4n) is 1.17. The van der Waals surface area contributed by atoms with Gasteiger partial charge in [-0.15, -0.1) is 0 Å². The van der Waals surface area contributed by atoms with Crippen molar-refractivity contribution < 1.29 is 18.7 Å². The molecule has 0 spiro atoms. The molecule has 1 N–H and O–H groups in total. The summed E-state index contributed by atoms with van der Waals surface area (Å²) in [5.41, 5.74) is -1.59. The van der Waals surface area contributed by atoms with E-state index in [-0.39, 0.29) is 5.56 Å². The van der Waals surface area contributed by atoms with Gasteiger partial charge in [0.1, 0.15) is 11.8 Å². The molecule has 6 heteroatoms. The molecule has 0 aliphatic heterocycles. The lowest BCUT2D eigenvalue weighted by molar-refractivity contribution is 0.0695. The van der Waals surface area contributed by atoms with E-state index in [1.54, 1.807) is 0 Å². The number of nitriles is 1. The maximum Gasteiger partial charge on any atom is 0.337 e. The van der Waals surface area contributed by atoms with Crippen molar-refractivity contribution in [1.29, 1.82) is 5.26 Å². The van der Waals surface area contributed by atoms with E-state index in [1.165, 1.54) is 13.0 Å². The number of carbonyl (C=O) groups is 1. The third-order valence-corrected chi connectivity index (χ3v) is 1.83. The maximum atomic E-state index is 12.4. The van der Waals surface area contributed by atoms with Gasteiger partial charge in [0.2, 0.25) is 0 Å². The van der Waals surface area contributed by atoms with Crippen molar-refractivity contribution in [2.75, 3.05) is 0 Å². The molecule has 0 amide bonds. The van der Waals surface area contributed by atoms with E-state index < -0.39 is 29.2 Å². The number of aromatic carboxylic acids is 1. The molecule has 15 heavy (non-hydrogen) atoms. The molecule has 1 heterocycles. The predicted molar refractivity (Wildman–Crippen MR) is 45.6 cm³/mol. The normalized spacial score (nSPS) is 10.1. The lowest BCUT2D eigenvalue weighted by atomic mass is 10.0. The second-order valence-electron chi connectivity index (χ2n) is 2.79. The molecular formula is C9H6F2N2O2. The number of hydrogen-bond acceptors (Lipinski definition) is 3. The van der Waals surface area contributed by atoms with E-state index in [0.29, 0.717) is 0 Å². The highest BCUT2D eigenvalue weighted by Gasteiger charge is 2.23. The molecule has 0 atom stereocenters. The van der Waals surface area contributed by atoms with E-state index >= 15 is 0 Å². The number of aryl methyl sites for hydroxylation is 1. The topological polar surface area (TPSA) is 74.0 Å². The van der Waals surface area contributed by atoms with Crippen LogP contribution in [0.25, 0.3) is 0 Å². The Hall–Kier alpha value is -2.03. The third kappa shape index (κ3) is 1.91. The highest BCUT2D eigenvalue weighted by Crippen LogP contribution is 2.24. The predicted octanol–water partition coefficient (Wildman–Crippen LogP) is 1.90. The maximum absolute atomic E-state index is 12.4. The van der Waals surface area contributed by atoms with Crippen LogP contribution < -0.4 is 0 Å². The number of halogens is 2. The van der Waals surface area contributed by atoms with Gasteiger partial charge in [0.15, 0.2) is 0 Å². The molecule has 0 bridgehead atoms. The van der Waals surface area contributed by atoms with Crippen LogP contribution in [0.1, 0.15) is 33.6 Å². The highest BCUT2D eigenvalue weighted by atomic mass is 19.3. The monoisotopic (exact) mass is 212 g/mol. The summed E-state index contributed by atoms with van der Waals surface area (Å²) >= 11 is 0. The Kier molecular flexibility index (Phi) is 2.95. The van der Waals surface area contributed by atoms with Gasteiger partial charge in [-0.1, -0.05) is 0 Å². The molecule has 0 saturated carbocycles. The van der Waals surface area contributed by atoms with Crippen LogP contribution in [0.3, 0.4) is 0 Å². The number of aromatic nitrogens is 1. The van der Waals surface area contributed by atoms with Crippen LogP contribution in [-0.4, -0.2) is 16.1 Å². The minimum absolute atomic E-state index is 0.184. The summed E-state index contributed by atoms with van der Waals surface area (Å²) in [5, 5.41) is 17.4. The summed E-state index contributed by atoms with van der Waals surface area (Å²) in [5.74, 6) is -1.41. The summed E-state index contributed by atoms with van der Waals surface area (Å²) in [6.45, 7) is 1.40. The van der Waals surface area contributed by atoms with Gasteiger partial charge in [0.05, 0.1) is 11.1 Å². The first-order chi connectivity index (χ1) is 6.99. The van der Waals surface area contributed by atoms with Crippen molar-refractivity contribution >= 4 is 5.97 Å². The zero-order chi connectivity index (χ0) is 11.6. The van der Waals surface area contributed by atoms with Crippen molar-refractivity contribution in [3.05, 3.63) is 28.6 Å². The number of carboxylic acids is 1. The first kappa shape index (κ1) is 11.0. The molecule has 1 aromatic heterocycles. The molecular weight excluding hydrogens is 206 g/mol. The van der Waals surface area contributed by atoms with Crippen LogP contribution in [0, 0.1) is 18.3 Å². The smallest absolute Gasteiger partial charge is 0.337 e. The second-order valence-corrected chi connectivity index (χ2v) is 2.79. The molecule has 4 nitrogen and oxygen atoms in total. The molecule has 78 valence electrons. The second kappa shape index (κ2) is 4.00. The van der Waals surface area contributed by atoms with E-state index in [0.717, 1.165) is 6.20 Å². The number of rotatable bonds is 2. The number of alkyl halides is 2. The van der Waals surface area contributed by atoms with Gasteiger partial charge in [-0.3, -0.25) is 4.98 Å². The third-order valence-electron chi connectivity index (χ3n) is 1.83. The Labute approximate surface area is 83.8 Å². The Balaban J connectivity index is 3.56. The van der Waals surface area contributed by atoms with Crippen LogP contribution in [0.5, 0.6) is 0 Å². The van der Waals surface area contributed by atoms with Gasteiger partial charge in [-0.2, -0.15) is 5.26 Å². The van der Waals surface area contributed by atoms with Gasteiger partial charge in [-0.05, 0) is 12.5 Å². The van der Waals surface area contributed by atoms with Gasteiger partial charge in [0.25, 0.3) is 6.43 Å². The van der Waals surface area contributed by atoms with E-state index in [9.17, 15) is 13.6 Å². The average Bonchev–Trinajstić information content (AvgIpc) is 2.15. The minimum Gasteiger partial charge on any atom is -0.478 e. The minimum atomic E-state index is -2.96. The standard InChI is InChI=1S/C9H6F2N2O2/c1-4-3-13-7(8(10)11)5(2-12)6(4)9(14)15/h3,8H,1H3,(H,14,15). The zero-order valence-corrected chi connectivity index (χ0v) is 7.66. The van der Waals surface area contributed by atoms with Crippen LogP contribution in [0.15, 0.2) is 6.20 Å². The Morgan fingerprint density at radius 1 is 1.67 bits per heavy atom. The van der Waals surface area contributed by atoms with Crippen LogP contribution in [0.4, 0.5) is 8.78 Å². The SMILES string of the molecule is Cc1cnc(C(F)F)c(C#N)c1C(=O)O. The van der Waals surface area contributed by atoms with Crippen LogP contribution in [0.2, 0.25) is 0 Å². The molecule has 0 saturated heterocycles. The van der Waals surface area contributed by atoms with Crippen LogP contribution in [-0.2, 0) is 0 Å².